The normalized spacial score (nSPS) is 24.0. The molecule has 0 amide bonds. The molecule has 1 saturated carbocycles. The Morgan fingerprint density at radius 1 is 1.47 bits per heavy atom. The molecule has 0 bridgehead atoms. The predicted octanol–water partition coefficient (Wildman–Crippen LogP) is 1.51. The number of hydrogen-bond donors (Lipinski definition) is 1. The molecular formula is C14H27N5. The second kappa shape index (κ2) is 7.01. The first-order chi connectivity index (χ1) is 9.19. The van der Waals surface area contributed by atoms with Crippen LogP contribution in [0.2, 0.25) is 0 Å². The van der Waals surface area contributed by atoms with E-state index in [1.165, 1.54) is 25.7 Å². The highest BCUT2D eigenvalue weighted by Crippen LogP contribution is 2.26. The van der Waals surface area contributed by atoms with E-state index >= 15 is 0 Å². The number of aromatic nitrogens is 3. The second-order valence-corrected chi connectivity index (χ2v) is 5.91. The minimum atomic E-state index is 0.754. The third kappa shape index (κ3) is 4.28. The summed E-state index contributed by atoms with van der Waals surface area (Å²) in [6.45, 7) is 5.15. The molecule has 1 aromatic rings. The molecule has 2 unspecified atom stereocenters. The summed E-state index contributed by atoms with van der Waals surface area (Å²) in [7, 11) is 4.17. The predicted molar refractivity (Wildman–Crippen MR) is 76.8 cm³/mol. The van der Waals surface area contributed by atoms with Crippen LogP contribution in [0.3, 0.4) is 0 Å². The largest absolute Gasteiger partial charge is 0.314 e. The van der Waals surface area contributed by atoms with Crippen molar-refractivity contribution < 1.29 is 0 Å². The summed E-state index contributed by atoms with van der Waals surface area (Å²) in [5.41, 5.74) is 1.01. The lowest BCUT2D eigenvalue weighted by Crippen LogP contribution is -2.37. The molecule has 1 heterocycles. The fourth-order valence-electron chi connectivity index (χ4n) is 2.96. The van der Waals surface area contributed by atoms with Crippen LogP contribution in [-0.2, 0) is 13.1 Å². The zero-order valence-electron chi connectivity index (χ0n) is 12.5. The number of rotatable bonds is 6. The molecule has 2 rings (SSSR count). The van der Waals surface area contributed by atoms with Crippen LogP contribution in [0, 0.1) is 5.92 Å². The van der Waals surface area contributed by atoms with E-state index in [9.17, 15) is 0 Å². The van der Waals surface area contributed by atoms with E-state index in [4.69, 9.17) is 0 Å². The zero-order chi connectivity index (χ0) is 13.7. The molecule has 0 radical (unpaired) electrons. The number of nitrogens with one attached hydrogen (secondary N) is 1. The van der Waals surface area contributed by atoms with Crippen molar-refractivity contribution in [3.05, 3.63) is 11.9 Å². The van der Waals surface area contributed by atoms with Gasteiger partial charge in [-0.05, 0) is 32.9 Å². The Balaban J connectivity index is 1.77. The molecular weight excluding hydrogens is 238 g/mol. The highest BCUT2D eigenvalue weighted by molar-refractivity contribution is 4.91. The number of hydrogen-bond acceptors (Lipinski definition) is 4. The Morgan fingerprint density at radius 2 is 2.32 bits per heavy atom. The summed E-state index contributed by atoms with van der Waals surface area (Å²) in [5.74, 6) is 0.884. The molecule has 0 saturated heterocycles. The molecule has 5 heteroatoms. The first kappa shape index (κ1) is 14.5. The maximum Gasteiger partial charge on any atom is 0.0964 e. The molecule has 1 aliphatic carbocycles. The van der Waals surface area contributed by atoms with Crippen LogP contribution in [0.4, 0.5) is 0 Å². The van der Waals surface area contributed by atoms with Crippen LogP contribution in [0.15, 0.2) is 6.20 Å². The van der Waals surface area contributed by atoms with Crippen LogP contribution in [0.5, 0.6) is 0 Å². The Bertz CT molecular complexity index is 376. The molecule has 1 N–H and O–H groups in total. The molecule has 1 fully saturated rings. The second-order valence-electron chi connectivity index (χ2n) is 5.91. The van der Waals surface area contributed by atoms with E-state index in [2.05, 4.69) is 34.5 Å². The van der Waals surface area contributed by atoms with Crippen LogP contribution < -0.4 is 5.32 Å². The van der Waals surface area contributed by atoms with Crippen molar-refractivity contribution in [1.82, 2.24) is 25.2 Å². The fraction of sp³-hybridized carbons (Fsp3) is 0.857. The number of likely N-dealkylation sites (N-methyl/N-ethyl adjacent to an activating group) is 1. The van der Waals surface area contributed by atoms with E-state index in [1.807, 2.05) is 17.9 Å². The average molecular weight is 265 g/mol. The van der Waals surface area contributed by atoms with Crippen molar-refractivity contribution in [2.45, 2.75) is 51.7 Å². The van der Waals surface area contributed by atoms with E-state index in [0.29, 0.717) is 0 Å². The fourth-order valence-corrected chi connectivity index (χ4v) is 2.96. The summed E-state index contributed by atoms with van der Waals surface area (Å²) < 4.78 is 1.95. The molecule has 5 nitrogen and oxygen atoms in total. The average Bonchev–Trinajstić information content (AvgIpc) is 2.84. The van der Waals surface area contributed by atoms with Crippen LogP contribution in [-0.4, -0.2) is 46.6 Å². The van der Waals surface area contributed by atoms with Crippen molar-refractivity contribution >= 4 is 0 Å². The lowest BCUT2D eigenvalue weighted by Gasteiger charge is -2.34. The van der Waals surface area contributed by atoms with Gasteiger partial charge in [0.25, 0.3) is 0 Å². The third-order valence-electron chi connectivity index (χ3n) is 4.16. The van der Waals surface area contributed by atoms with Gasteiger partial charge in [0.05, 0.1) is 12.2 Å². The summed E-state index contributed by atoms with van der Waals surface area (Å²) in [6, 6.07) is 0.754. The molecule has 2 atom stereocenters. The molecule has 19 heavy (non-hydrogen) atoms. The van der Waals surface area contributed by atoms with E-state index in [-0.39, 0.29) is 0 Å². The molecule has 0 aromatic carbocycles. The lowest BCUT2D eigenvalue weighted by molar-refractivity contribution is 0.158. The topological polar surface area (TPSA) is 46.0 Å². The standard InChI is InChI=1S/C14H27N5/c1-12-5-4-6-14(9-12)18(3)7-8-19-11-13(10-15-2)16-17-19/h11-12,14-15H,4-10H2,1-3H3. The van der Waals surface area contributed by atoms with Gasteiger partial charge < -0.3 is 10.2 Å². The first-order valence-corrected chi connectivity index (χ1v) is 7.43. The molecule has 1 aliphatic rings. The zero-order valence-corrected chi connectivity index (χ0v) is 12.5. The molecule has 108 valence electrons. The van der Waals surface area contributed by atoms with Gasteiger partial charge >= 0.3 is 0 Å². The van der Waals surface area contributed by atoms with E-state index < -0.39 is 0 Å². The number of nitrogens with zero attached hydrogens (tertiary/aromatic N) is 4. The third-order valence-corrected chi connectivity index (χ3v) is 4.16. The lowest BCUT2D eigenvalue weighted by atomic mass is 9.86. The van der Waals surface area contributed by atoms with E-state index in [0.717, 1.165) is 37.3 Å². The Labute approximate surface area is 116 Å². The summed E-state index contributed by atoms with van der Waals surface area (Å²) in [6.07, 6.45) is 7.52. The van der Waals surface area contributed by atoms with Gasteiger partial charge in [-0.3, -0.25) is 4.68 Å². The molecule has 0 spiro atoms. The maximum atomic E-state index is 4.17. The smallest absolute Gasteiger partial charge is 0.0964 e. The monoisotopic (exact) mass is 265 g/mol. The van der Waals surface area contributed by atoms with Crippen molar-refractivity contribution in [2.75, 3.05) is 20.6 Å². The van der Waals surface area contributed by atoms with Crippen molar-refractivity contribution in [3.63, 3.8) is 0 Å². The van der Waals surface area contributed by atoms with Gasteiger partial charge in [-0.2, -0.15) is 0 Å². The Kier molecular flexibility index (Phi) is 5.34. The van der Waals surface area contributed by atoms with Gasteiger partial charge in [0, 0.05) is 25.3 Å². The van der Waals surface area contributed by atoms with E-state index in [1.54, 1.807) is 0 Å². The minimum absolute atomic E-state index is 0.754. The molecule has 1 aromatic heterocycles. The Hall–Kier alpha value is -0.940. The van der Waals surface area contributed by atoms with Gasteiger partial charge in [-0.15, -0.1) is 5.10 Å². The van der Waals surface area contributed by atoms with Crippen molar-refractivity contribution in [3.8, 4) is 0 Å². The first-order valence-electron chi connectivity index (χ1n) is 7.43. The highest BCUT2D eigenvalue weighted by Gasteiger charge is 2.22. The van der Waals surface area contributed by atoms with Crippen LogP contribution >= 0.6 is 0 Å². The van der Waals surface area contributed by atoms with Crippen molar-refractivity contribution in [1.29, 1.82) is 0 Å². The Morgan fingerprint density at radius 3 is 3.05 bits per heavy atom. The highest BCUT2D eigenvalue weighted by atomic mass is 15.4. The summed E-state index contributed by atoms with van der Waals surface area (Å²) in [5, 5.41) is 11.4. The van der Waals surface area contributed by atoms with Gasteiger partial charge in [0.1, 0.15) is 0 Å². The molecule has 0 aliphatic heterocycles. The quantitative estimate of drug-likeness (QED) is 0.847. The van der Waals surface area contributed by atoms with Gasteiger partial charge in [0.2, 0.25) is 0 Å². The summed E-state index contributed by atoms with van der Waals surface area (Å²) in [4.78, 5) is 2.50. The maximum absolute atomic E-state index is 4.17. The minimum Gasteiger partial charge on any atom is -0.314 e. The SMILES string of the molecule is CNCc1cn(CCN(C)C2CCCC(C)C2)nn1. The van der Waals surface area contributed by atoms with Crippen molar-refractivity contribution in [2.24, 2.45) is 5.92 Å². The van der Waals surface area contributed by atoms with Crippen LogP contribution in [0.25, 0.3) is 0 Å². The summed E-state index contributed by atoms with van der Waals surface area (Å²) >= 11 is 0. The van der Waals surface area contributed by atoms with Gasteiger partial charge in [-0.25, -0.2) is 0 Å². The van der Waals surface area contributed by atoms with Gasteiger partial charge in [0.15, 0.2) is 0 Å². The van der Waals surface area contributed by atoms with Crippen LogP contribution in [0.1, 0.15) is 38.3 Å². The van der Waals surface area contributed by atoms with Gasteiger partial charge in [-0.1, -0.05) is 25.0 Å².